The zero-order valence-electron chi connectivity index (χ0n) is 23.9. The van der Waals surface area contributed by atoms with Crippen molar-refractivity contribution in [3.05, 3.63) is 70.9 Å². The van der Waals surface area contributed by atoms with Gasteiger partial charge in [-0.15, -0.1) is 0 Å². The van der Waals surface area contributed by atoms with Crippen molar-refractivity contribution in [2.45, 2.75) is 30.5 Å². The number of nitrogens with zero attached hydrogens (tertiary/aromatic N) is 3. The minimum Gasteiger partial charge on any atom is -0.497 e. The molecule has 0 radical (unpaired) electrons. The Morgan fingerprint density at radius 1 is 0.952 bits per heavy atom. The molecule has 0 saturated carbocycles. The number of hydrogen-bond acceptors (Lipinski definition) is 11. The molecule has 0 aromatic heterocycles. The molecule has 1 saturated heterocycles. The predicted molar refractivity (Wildman–Crippen MR) is 149 cm³/mol. The Labute approximate surface area is 242 Å². The van der Waals surface area contributed by atoms with Crippen LogP contribution in [0.1, 0.15) is 17.5 Å². The summed E-state index contributed by atoms with van der Waals surface area (Å²) >= 11 is 0. The van der Waals surface area contributed by atoms with Crippen molar-refractivity contribution in [1.82, 2.24) is 4.90 Å². The number of ether oxygens (including phenoxy) is 5. The van der Waals surface area contributed by atoms with Crippen molar-refractivity contribution in [2.24, 2.45) is 4.99 Å². The SMILES string of the molecule is COC(=O)C1=C(C(=O)OC)C2N(C)c3ccc(OC)cc3[C@@]23CC(C(=O)OC)N(C(=O)COCc2ccccc2)C3=N1. The zero-order valence-corrected chi connectivity index (χ0v) is 23.9. The van der Waals surface area contributed by atoms with E-state index in [0.29, 0.717) is 17.0 Å². The second-order valence-electron chi connectivity index (χ2n) is 10.0. The van der Waals surface area contributed by atoms with E-state index in [1.54, 1.807) is 19.2 Å². The first kappa shape index (κ1) is 28.8. The highest BCUT2D eigenvalue weighted by Gasteiger charge is 2.67. The number of fused-ring (bicyclic) bond motifs is 1. The number of anilines is 1. The van der Waals surface area contributed by atoms with Crippen LogP contribution in [-0.2, 0) is 50.1 Å². The van der Waals surface area contributed by atoms with Gasteiger partial charge in [-0.05, 0) is 35.7 Å². The highest BCUT2D eigenvalue weighted by molar-refractivity contribution is 6.17. The smallest absolute Gasteiger partial charge is 0.357 e. The lowest BCUT2D eigenvalue weighted by atomic mass is 9.69. The van der Waals surface area contributed by atoms with Crippen LogP contribution >= 0.6 is 0 Å². The van der Waals surface area contributed by atoms with Crippen LogP contribution in [-0.4, -0.2) is 88.7 Å². The molecule has 5 rings (SSSR count). The number of esters is 3. The van der Waals surface area contributed by atoms with E-state index in [-0.39, 0.29) is 36.7 Å². The fraction of sp³-hybridized carbons (Fsp3) is 0.367. The normalized spacial score (nSPS) is 22.1. The molecule has 0 N–H and O–H groups in total. The third kappa shape index (κ3) is 4.38. The molecule has 1 spiro atoms. The standard InChI is InChI=1S/C30H31N3O9/c1-32-20-12-11-18(38-2)13-19(20)30-14-21(26(35)39-3)33(22(34)16-42-15-17-9-7-6-8-10-17)29(30)31-24(28(37)41-5)23(25(30)32)27(36)40-4/h6-13,21,25H,14-16H2,1-5H3/t21?,25?,30-/m0/s1. The summed E-state index contributed by atoms with van der Waals surface area (Å²) < 4.78 is 26.5. The third-order valence-electron chi connectivity index (χ3n) is 7.98. The van der Waals surface area contributed by atoms with E-state index >= 15 is 0 Å². The molecular weight excluding hydrogens is 546 g/mol. The van der Waals surface area contributed by atoms with Gasteiger partial charge in [0.1, 0.15) is 24.2 Å². The Balaban J connectivity index is 1.70. The summed E-state index contributed by atoms with van der Waals surface area (Å²) in [6.45, 7) is -0.226. The number of likely N-dealkylation sites (N-methyl/N-ethyl adjacent to an activating group) is 1. The van der Waals surface area contributed by atoms with Crippen molar-refractivity contribution in [3.63, 3.8) is 0 Å². The van der Waals surface area contributed by atoms with Crippen LogP contribution in [0.4, 0.5) is 5.69 Å². The summed E-state index contributed by atoms with van der Waals surface area (Å²) in [6.07, 6.45) is 0.00700. The molecule has 3 aliphatic heterocycles. The van der Waals surface area contributed by atoms with Crippen molar-refractivity contribution in [2.75, 3.05) is 47.0 Å². The average molecular weight is 578 g/mol. The Hall–Kier alpha value is -4.71. The number of likely N-dealkylation sites (tertiary alicyclic amines) is 1. The van der Waals surface area contributed by atoms with Crippen LogP contribution in [0.3, 0.4) is 0 Å². The predicted octanol–water partition coefficient (Wildman–Crippen LogP) is 1.75. The lowest BCUT2D eigenvalue weighted by Crippen LogP contribution is -2.55. The van der Waals surface area contributed by atoms with Gasteiger partial charge >= 0.3 is 17.9 Å². The number of hydrogen-bond donors (Lipinski definition) is 0. The van der Waals surface area contributed by atoms with E-state index in [0.717, 1.165) is 12.7 Å². The van der Waals surface area contributed by atoms with E-state index in [4.69, 9.17) is 23.7 Å². The lowest BCUT2D eigenvalue weighted by Gasteiger charge is -2.39. The van der Waals surface area contributed by atoms with E-state index in [2.05, 4.69) is 4.99 Å². The topological polar surface area (TPSA) is 133 Å². The number of rotatable bonds is 8. The molecule has 12 heteroatoms. The maximum atomic E-state index is 13.9. The van der Waals surface area contributed by atoms with Crippen molar-refractivity contribution < 1.29 is 42.9 Å². The van der Waals surface area contributed by atoms with Gasteiger partial charge in [0.2, 0.25) is 0 Å². The third-order valence-corrected chi connectivity index (χ3v) is 7.98. The number of aliphatic imine (C=N–C) groups is 1. The first-order valence-corrected chi connectivity index (χ1v) is 13.2. The quantitative estimate of drug-likeness (QED) is 0.338. The zero-order chi connectivity index (χ0) is 30.2. The average Bonchev–Trinajstić information content (AvgIpc) is 3.50. The van der Waals surface area contributed by atoms with Crippen LogP contribution in [0.25, 0.3) is 0 Å². The molecule has 2 aromatic rings. The minimum atomic E-state index is -1.24. The van der Waals surface area contributed by atoms with E-state index in [1.807, 2.05) is 41.3 Å². The van der Waals surface area contributed by atoms with Gasteiger partial charge in [-0.2, -0.15) is 0 Å². The van der Waals surface area contributed by atoms with Gasteiger partial charge in [0.25, 0.3) is 5.91 Å². The highest BCUT2D eigenvalue weighted by atomic mass is 16.5. The molecule has 3 aliphatic rings. The number of methoxy groups -OCH3 is 4. The van der Waals surface area contributed by atoms with Gasteiger partial charge < -0.3 is 28.6 Å². The first-order chi connectivity index (χ1) is 20.2. The Kier molecular flexibility index (Phi) is 7.74. The van der Waals surface area contributed by atoms with Gasteiger partial charge in [0.15, 0.2) is 5.70 Å². The summed E-state index contributed by atoms with van der Waals surface area (Å²) in [4.78, 5) is 61.2. The number of carbonyl (C=O) groups is 4. The lowest BCUT2D eigenvalue weighted by molar-refractivity contribution is -0.150. The number of amidine groups is 1. The largest absolute Gasteiger partial charge is 0.497 e. The Morgan fingerprint density at radius 3 is 2.31 bits per heavy atom. The molecule has 1 fully saturated rings. The number of carbonyl (C=O) groups excluding carboxylic acids is 4. The molecule has 12 nitrogen and oxygen atoms in total. The van der Waals surface area contributed by atoms with Gasteiger partial charge in [0.05, 0.1) is 52.1 Å². The highest BCUT2D eigenvalue weighted by Crippen LogP contribution is 2.58. The molecule has 2 unspecified atom stereocenters. The van der Waals surface area contributed by atoms with Crippen LogP contribution in [0.2, 0.25) is 0 Å². The van der Waals surface area contributed by atoms with Crippen LogP contribution in [0.5, 0.6) is 5.75 Å². The second-order valence-corrected chi connectivity index (χ2v) is 10.0. The van der Waals surface area contributed by atoms with Gasteiger partial charge in [-0.1, -0.05) is 30.3 Å². The molecule has 3 heterocycles. The molecule has 0 bridgehead atoms. The Bertz CT molecular complexity index is 1500. The van der Waals surface area contributed by atoms with Crippen molar-refractivity contribution >= 4 is 35.3 Å². The van der Waals surface area contributed by atoms with Gasteiger partial charge in [0, 0.05) is 12.7 Å². The fourth-order valence-electron chi connectivity index (χ4n) is 6.21. The first-order valence-electron chi connectivity index (χ1n) is 13.2. The molecule has 220 valence electrons. The van der Waals surface area contributed by atoms with Crippen LogP contribution in [0, 0.1) is 0 Å². The molecular formula is C30H31N3O9. The van der Waals surface area contributed by atoms with Gasteiger partial charge in [-0.25, -0.2) is 19.4 Å². The molecule has 3 atom stereocenters. The monoisotopic (exact) mass is 577 g/mol. The minimum absolute atomic E-state index is 0.00700. The maximum absolute atomic E-state index is 13.9. The molecule has 1 amide bonds. The van der Waals surface area contributed by atoms with Crippen LogP contribution in [0.15, 0.2) is 64.8 Å². The summed E-state index contributed by atoms with van der Waals surface area (Å²) in [5.74, 6) is -2.32. The number of amides is 1. The second kappa shape index (κ2) is 11.3. The molecule has 42 heavy (non-hydrogen) atoms. The van der Waals surface area contributed by atoms with E-state index < -0.39 is 41.3 Å². The molecule has 0 aliphatic carbocycles. The molecule has 2 aromatic carbocycles. The van der Waals surface area contributed by atoms with Crippen molar-refractivity contribution in [1.29, 1.82) is 0 Å². The summed E-state index contributed by atoms with van der Waals surface area (Å²) in [7, 11) is 6.87. The number of benzene rings is 2. The van der Waals surface area contributed by atoms with E-state index in [9.17, 15) is 19.2 Å². The maximum Gasteiger partial charge on any atom is 0.357 e. The van der Waals surface area contributed by atoms with E-state index in [1.165, 1.54) is 26.2 Å². The Morgan fingerprint density at radius 2 is 1.67 bits per heavy atom. The summed E-state index contributed by atoms with van der Waals surface area (Å²) in [5, 5.41) is 0. The van der Waals surface area contributed by atoms with Crippen LogP contribution < -0.4 is 9.64 Å². The van der Waals surface area contributed by atoms with Crippen molar-refractivity contribution in [3.8, 4) is 5.75 Å². The van der Waals surface area contributed by atoms with Gasteiger partial charge in [-0.3, -0.25) is 9.69 Å². The summed E-state index contributed by atoms with van der Waals surface area (Å²) in [5.41, 5.74) is 0.601. The fourth-order valence-corrected chi connectivity index (χ4v) is 6.21. The summed E-state index contributed by atoms with van der Waals surface area (Å²) in [6, 6.07) is 12.7.